The summed E-state index contributed by atoms with van der Waals surface area (Å²) in [5.74, 6) is 1.51. The zero-order valence-electron chi connectivity index (χ0n) is 13.2. The van der Waals surface area contributed by atoms with Crippen molar-refractivity contribution in [3.8, 4) is 5.75 Å². The van der Waals surface area contributed by atoms with Crippen LogP contribution < -0.4 is 15.4 Å². The van der Waals surface area contributed by atoms with E-state index in [4.69, 9.17) is 4.74 Å². The van der Waals surface area contributed by atoms with E-state index in [2.05, 4.69) is 31.4 Å². The fraction of sp³-hybridized carbons (Fsp3) is 0.588. The van der Waals surface area contributed by atoms with Crippen molar-refractivity contribution in [1.82, 2.24) is 5.32 Å². The van der Waals surface area contributed by atoms with Crippen molar-refractivity contribution in [3.05, 3.63) is 24.3 Å². The Labute approximate surface area is 127 Å². The highest BCUT2D eigenvalue weighted by atomic mass is 16.5. The number of hydrogen-bond donors (Lipinski definition) is 2. The smallest absolute Gasteiger partial charge is 0.227 e. The van der Waals surface area contributed by atoms with Gasteiger partial charge in [0.1, 0.15) is 5.75 Å². The molecule has 0 saturated carbocycles. The summed E-state index contributed by atoms with van der Waals surface area (Å²) in [5, 5.41) is 6.38. The Kier molecular flexibility index (Phi) is 5.62. The molecular formula is C17H26N2O2. The van der Waals surface area contributed by atoms with Gasteiger partial charge in [0.2, 0.25) is 5.91 Å². The number of amides is 1. The van der Waals surface area contributed by atoms with E-state index in [1.165, 1.54) is 0 Å². The molecule has 116 valence electrons. The molecule has 1 amide bonds. The minimum atomic E-state index is 0.0986. The van der Waals surface area contributed by atoms with E-state index in [1.54, 1.807) is 0 Å². The molecule has 0 radical (unpaired) electrons. The summed E-state index contributed by atoms with van der Waals surface area (Å²) in [6.07, 6.45) is 1.80. The third-order valence-electron chi connectivity index (χ3n) is 3.68. The van der Waals surface area contributed by atoms with Crippen molar-refractivity contribution in [2.45, 2.75) is 39.7 Å². The van der Waals surface area contributed by atoms with Crippen LogP contribution in [-0.4, -0.2) is 25.1 Å². The maximum Gasteiger partial charge on any atom is 0.227 e. The fourth-order valence-electron chi connectivity index (χ4n) is 2.54. The molecule has 21 heavy (non-hydrogen) atoms. The molecule has 1 heterocycles. The number of carbonyl (C=O) groups is 1. The highest BCUT2D eigenvalue weighted by Crippen LogP contribution is 2.21. The van der Waals surface area contributed by atoms with Gasteiger partial charge in [-0.25, -0.2) is 0 Å². The van der Waals surface area contributed by atoms with Crippen LogP contribution in [0.1, 0.15) is 33.6 Å². The lowest BCUT2D eigenvalue weighted by atomic mass is 9.92. The van der Waals surface area contributed by atoms with E-state index in [1.807, 2.05) is 24.3 Å². The summed E-state index contributed by atoms with van der Waals surface area (Å²) in [6, 6.07) is 8.05. The third kappa shape index (κ3) is 5.05. The van der Waals surface area contributed by atoms with E-state index in [0.717, 1.165) is 30.8 Å². The maximum atomic E-state index is 12.3. The average molecular weight is 290 g/mol. The lowest BCUT2D eigenvalue weighted by Crippen LogP contribution is -2.40. The number of nitrogens with one attached hydrogen (secondary N) is 2. The lowest BCUT2D eigenvalue weighted by Gasteiger charge is -2.27. The number of piperidine rings is 1. The molecule has 1 aliphatic rings. The molecule has 4 heteroatoms. The number of rotatable bonds is 5. The number of hydrogen-bond acceptors (Lipinski definition) is 3. The molecule has 0 bridgehead atoms. The highest BCUT2D eigenvalue weighted by Gasteiger charge is 2.24. The monoisotopic (exact) mass is 290 g/mol. The number of anilines is 1. The zero-order chi connectivity index (χ0) is 15.2. The molecule has 2 atom stereocenters. The van der Waals surface area contributed by atoms with Gasteiger partial charge in [-0.05, 0) is 44.4 Å². The van der Waals surface area contributed by atoms with E-state index >= 15 is 0 Å². The van der Waals surface area contributed by atoms with Crippen LogP contribution in [0, 0.1) is 11.8 Å². The van der Waals surface area contributed by atoms with Crippen LogP contribution in [0.2, 0.25) is 0 Å². The largest absolute Gasteiger partial charge is 0.493 e. The molecule has 1 aliphatic heterocycles. The second-order valence-corrected chi connectivity index (χ2v) is 6.30. The van der Waals surface area contributed by atoms with Crippen molar-refractivity contribution in [3.63, 3.8) is 0 Å². The van der Waals surface area contributed by atoms with Crippen LogP contribution in [0.25, 0.3) is 0 Å². The van der Waals surface area contributed by atoms with Gasteiger partial charge in [-0.2, -0.15) is 0 Å². The summed E-state index contributed by atoms with van der Waals surface area (Å²) in [6.45, 7) is 7.95. The minimum absolute atomic E-state index is 0.0986. The molecule has 1 saturated heterocycles. The normalized spacial score (nSPS) is 22.1. The second-order valence-electron chi connectivity index (χ2n) is 6.30. The maximum absolute atomic E-state index is 12.3. The van der Waals surface area contributed by atoms with Gasteiger partial charge < -0.3 is 15.4 Å². The van der Waals surface area contributed by atoms with Crippen molar-refractivity contribution < 1.29 is 9.53 Å². The number of benzene rings is 1. The fourth-order valence-corrected chi connectivity index (χ4v) is 2.54. The summed E-state index contributed by atoms with van der Waals surface area (Å²) >= 11 is 0. The van der Waals surface area contributed by atoms with Crippen LogP contribution in [0.15, 0.2) is 24.3 Å². The third-order valence-corrected chi connectivity index (χ3v) is 3.68. The Morgan fingerprint density at radius 3 is 3.00 bits per heavy atom. The quantitative estimate of drug-likeness (QED) is 0.876. The molecule has 2 rings (SSSR count). The predicted molar refractivity (Wildman–Crippen MR) is 85.6 cm³/mol. The molecule has 1 aromatic carbocycles. The first-order valence-electron chi connectivity index (χ1n) is 7.81. The molecule has 2 N–H and O–H groups in total. The van der Waals surface area contributed by atoms with E-state index in [0.29, 0.717) is 18.6 Å². The van der Waals surface area contributed by atoms with Crippen molar-refractivity contribution >= 4 is 11.6 Å². The van der Waals surface area contributed by atoms with E-state index in [9.17, 15) is 4.79 Å². The van der Waals surface area contributed by atoms with Gasteiger partial charge in [0.15, 0.2) is 0 Å². The van der Waals surface area contributed by atoms with E-state index in [-0.39, 0.29) is 11.8 Å². The molecule has 0 aromatic heterocycles. The van der Waals surface area contributed by atoms with Crippen molar-refractivity contribution in [2.75, 3.05) is 18.5 Å². The minimum Gasteiger partial charge on any atom is -0.493 e. The van der Waals surface area contributed by atoms with Gasteiger partial charge >= 0.3 is 0 Å². The Bertz CT molecular complexity index is 474. The van der Waals surface area contributed by atoms with Gasteiger partial charge in [0, 0.05) is 23.7 Å². The van der Waals surface area contributed by atoms with Gasteiger partial charge in [-0.1, -0.05) is 19.9 Å². The summed E-state index contributed by atoms with van der Waals surface area (Å²) < 4.78 is 5.69. The Morgan fingerprint density at radius 2 is 2.29 bits per heavy atom. The van der Waals surface area contributed by atoms with Gasteiger partial charge in [0.25, 0.3) is 0 Å². The van der Waals surface area contributed by atoms with E-state index < -0.39 is 0 Å². The van der Waals surface area contributed by atoms with Crippen molar-refractivity contribution in [2.24, 2.45) is 11.8 Å². The Morgan fingerprint density at radius 1 is 1.48 bits per heavy atom. The Hall–Kier alpha value is -1.55. The van der Waals surface area contributed by atoms with Crippen LogP contribution in [0.4, 0.5) is 5.69 Å². The molecule has 2 unspecified atom stereocenters. The molecule has 4 nitrogen and oxygen atoms in total. The topological polar surface area (TPSA) is 50.4 Å². The highest BCUT2D eigenvalue weighted by molar-refractivity contribution is 5.92. The SMILES string of the molecule is CC(C)COc1cccc(NC(=O)C2CCNC(C)C2)c1. The summed E-state index contributed by atoms with van der Waals surface area (Å²) in [7, 11) is 0. The lowest BCUT2D eigenvalue weighted by molar-refractivity contribution is -0.120. The predicted octanol–water partition coefficient (Wildman–Crippen LogP) is 3.05. The zero-order valence-corrected chi connectivity index (χ0v) is 13.2. The molecule has 1 fully saturated rings. The first-order chi connectivity index (χ1) is 10.0. The standard InChI is InChI=1S/C17H26N2O2/c1-12(2)11-21-16-6-4-5-15(10-16)19-17(20)14-7-8-18-13(3)9-14/h4-6,10,12-14,18H,7-9,11H2,1-3H3,(H,19,20). The van der Waals surface area contributed by atoms with Crippen LogP contribution in [0.5, 0.6) is 5.75 Å². The van der Waals surface area contributed by atoms with Gasteiger partial charge in [-0.15, -0.1) is 0 Å². The molecular weight excluding hydrogens is 264 g/mol. The number of ether oxygens (including phenoxy) is 1. The average Bonchev–Trinajstić information content (AvgIpc) is 2.45. The first kappa shape index (κ1) is 15.8. The molecule has 0 aliphatic carbocycles. The van der Waals surface area contributed by atoms with Crippen molar-refractivity contribution in [1.29, 1.82) is 0 Å². The Balaban J connectivity index is 1.92. The van der Waals surface area contributed by atoms with Crippen LogP contribution in [0.3, 0.4) is 0 Å². The van der Waals surface area contributed by atoms with Crippen LogP contribution >= 0.6 is 0 Å². The summed E-state index contributed by atoms with van der Waals surface area (Å²) in [5.41, 5.74) is 0.812. The molecule has 0 spiro atoms. The first-order valence-corrected chi connectivity index (χ1v) is 7.81. The van der Waals surface area contributed by atoms with Gasteiger partial charge in [0.05, 0.1) is 6.61 Å². The van der Waals surface area contributed by atoms with Gasteiger partial charge in [-0.3, -0.25) is 4.79 Å². The van der Waals surface area contributed by atoms with Crippen LogP contribution in [-0.2, 0) is 4.79 Å². The molecule has 1 aromatic rings. The summed E-state index contributed by atoms with van der Waals surface area (Å²) in [4.78, 5) is 12.3. The second kappa shape index (κ2) is 7.46. The number of carbonyl (C=O) groups excluding carboxylic acids is 1.